The molecule has 0 unspecified atom stereocenters. The van der Waals surface area contributed by atoms with E-state index < -0.39 is 24.6 Å². The maximum absolute atomic E-state index is 14.3. The van der Waals surface area contributed by atoms with Gasteiger partial charge in [-0.1, -0.05) is 84.9 Å². The summed E-state index contributed by atoms with van der Waals surface area (Å²) < 4.78 is 11.3. The highest BCUT2D eigenvalue weighted by atomic mass is 127. The predicted octanol–water partition coefficient (Wildman–Crippen LogP) is 3.18. The van der Waals surface area contributed by atoms with E-state index in [2.05, 4.69) is 78.1 Å². The highest BCUT2D eigenvalue weighted by molar-refractivity contribution is 8.00. The van der Waals surface area contributed by atoms with Crippen LogP contribution in [-0.4, -0.2) is 58.9 Å². The van der Waals surface area contributed by atoms with Crippen LogP contribution in [-0.2, 0) is 25.7 Å². The van der Waals surface area contributed by atoms with E-state index in [4.69, 9.17) is 9.47 Å². The van der Waals surface area contributed by atoms with Gasteiger partial charge in [0.05, 0.1) is 19.0 Å². The van der Waals surface area contributed by atoms with Crippen LogP contribution in [0.25, 0.3) is 0 Å². The lowest BCUT2D eigenvalue weighted by molar-refractivity contribution is -0.153. The Kier molecular flexibility index (Phi) is 13.0. The van der Waals surface area contributed by atoms with Gasteiger partial charge in [-0.25, -0.2) is 4.79 Å². The molecule has 0 spiro atoms. The first-order chi connectivity index (χ1) is 25.5. The third-order valence-corrected chi connectivity index (χ3v) is 16.0. The smallest absolute Gasteiger partial charge is 0.355 e. The van der Waals surface area contributed by atoms with Crippen molar-refractivity contribution in [2.75, 3.05) is 24.8 Å². The molecule has 1 N–H and O–H groups in total. The van der Waals surface area contributed by atoms with Crippen LogP contribution in [0.2, 0.25) is 0 Å². The van der Waals surface area contributed by atoms with E-state index in [1.807, 2.05) is 72.8 Å². The zero-order chi connectivity index (χ0) is 35.9. The Bertz CT molecular complexity index is 1960. The van der Waals surface area contributed by atoms with Crippen molar-refractivity contribution in [3.63, 3.8) is 0 Å². The fraction of sp³-hybridized carbons (Fsp3) is 0.167. The summed E-state index contributed by atoms with van der Waals surface area (Å²) in [5.41, 5.74) is 1.93. The second-order valence-corrected chi connectivity index (χ2v) is 18.0. The van der Waals surface area contributed by atoms with Crippen LogP contribution in [0, 0.1) is 0 Å². The quantitative estimate of drug-likeness (QED) is 0.0641. The van der Waals surface area contributed by atoms with Crippen molar-refractivity contribution in [1.29, 1.82) is 0 Å². The van der Waals surface area contributed by atoms with Crippen LogP contribution in [0.1, 0.15) is 5.56 Å². The SMILES string of the molecule is COc1ccc(COC(=O)C2=C(C[P+](c3ccccc3)(c3ccccc3)c3ccccc3)CS[C@@H]3[C@H](NC(=O)CSc4ccccc4)C(=O)N23)cc1.[I-]. The Morgan fingerprint density at radius 3 is 1.85 bits per heavy atom. The minimum Gasteiger partial charge on any atom is -1.00 e. The van der Waals surface area contributed by atoms with Gasteiger partial charge in [-0.05, 0) is 66.2 Å². The van der Waals surface area contributed by atoms with Gasteiger partial charge in [0.15, 0.2) is 0 Å². The van der Waals surface area contributed by atoms with Crippen LogP contribution in [0.5, 0.6) is 5.75 Å². The van der Waals surface area contributed by atoms with Crippen molar-refractivity contribution in [2.24, 2.45) is 0 Å². The van der Waals surface area contributed by atoms with Gasteiger partial charge < -0.3 is 38.8 Å². The Morgan fingerprint density at radius 2 is 1.32 bits per heavy atom. The van der Waals surface area contributed by atoms with Crippen LogP contribution >= 0.6 is 30.8 Å². The molecule has 2 aliphatic heterocycles. The molecular weight excluding hydrogens is 834 g/mol. The van der Waals surface area contributed by atoms with E-state index in [0.29, 0.717) is 17.7 Å². The Balaban J connectivity index is 0.00000481. The number of hydrogen-bond donors (Lipinski definition) is 1. The topological polar surface area (TPSA) is 84.9 Å². The number of nitrogens with zero attached hydrogens (tertiary/aromatic N) is 1. The summed E-state index contributed by atoms with van der Waals surface area (Å²) in [6.45, 7) is 0.0344. The van der Waals surface area contributed by atoms with Gasteiger partial charge in [-0.3, -0.25) is 14.5 Å². The number of thioether (sulfide) groups is 2. The third-order valence-electron chi connectivity index (χ3n) is 9.22. The van der Waals surface area contributed by atoms with E-state index in [9.17, 15) is 14.4 Å². The van der Waals surface area contributed by atoms with Gasteiger partial charge in [-0.15, -0.1) is 23.5 Å². The first-order valence-corrected chi connectivity index (χ1v) is 21.0. The van der Waals surface area contributed by atoms with E-state index in [1.54, 1.807) is 23.8 Å². The summed E-state index contributed by atoms with van der Waals surface area (Å²) >= 11 is 2.99. The minimum absolute atomic E-state index is 0. The lowest BCUT2D eigenvalue weighted by atomic mass is 10.0. The average molecular weight is 873 g/mol. The Labute approximate surface area is 336 Å². The summed E-state index contributed by atoms with van der Waals surface area (Å²) in [7, 11) is -0.804. The molecule has 1 saturated heterocycles. The second-order valence-electron chi connectivity index (χ2n) is 12.4. The molecule has 2 heterocycles. The minimum atomic E-state index is -2.41. The van der Waals surface area contributed by atoms with Crippen molar-refractivity contribution in [3.8, 4) is 5.75 Å². The fourth-order valence-electron chi connectivity index (χ4n) is 6.67. The number of hydrogen-bond acceptors (Lipinski definition) is 7. The molecule has 0 aromatic heterocycles. The summed E-state index contributed by atoms with van der Waals surface area (Å²) in [6, 6.07) is 47.7. The number of nitrogens with one attached hydrogen (secondary N) is 1. The summed E-state index contributed by atoms with van der Waals surface area (Å²) in [6.07, 6.45) is 0.534. The zero-order valence-electron chi connectivity index (χ0n) is 29.0. The highest BCUT2D eigenvalue weighted by Crippen LogP contribution is 2.58. The van der Waals surface area contributed by atoms with E-state index >= 15 is 0 Å². The van der Waals surface area contributed by atoms with E-state index in [1.165, 1.54) is 27.7 Å². The van der Waals surface area contributed by atoms with Crippen molar-refractivity contribution in [2.45, 2.75) is 22.9 Å². The van der Waals surface area contributed by atoms with Gasteiger partial charge in [-0.2, -0.15) is 0 Å². The molecule has 5 aromatic carbocycles. The molecule has 11 heteroatoms. The monoisotopic (exact) mass is 872 g/mol. The number of amides is 2. The molecule has 1 fully saturated rings. The molecule has 0 bridgehead atoms. The molecule has 2 aliphatic rings. The predicted molar refractivity (Wildman–Crippen MR) is 212 cm³/mol. The van der Waals surface area contributed by atoms with Crippen molar-refractivity contribution >= 4 is 64.5 Å². The molecule has 2 atom stereocenters. The maximum Gasteiger partial charge on any atom is 0.355 e. The number of carbonyl (C=O) groups excluding carboxylic acids is 3. The second kappa shape index (κ2) is 17.8. The standard InChI is InChI=1S/C42H37N2O5PS2.HI/c1-48-32-24-22-30(23-25-32)26-49-42(47)39-31(28-52-41-38(40(46)44(39)41)43-37(45)29-51-36-20-12-5-13-21-36)27-50(33-14-6-2-7-15-33,34-16-8-3-9-17-34)35-18-10-4-11-19-35;/h2-25,38,41H,26-29H2,1H3;1H/t38-,41-;/m1./s1. The number of esters is 1. The molecule has 7 rings (SSSR count). The lowest BCUT2D eigenvalue weighted by Gasteiger charge is -2.50. The van der Waals surface area contributed by atoms with Crippen molar-refractivity contribution < 1.29 is 47.8 Å². The van der Waals surface area contributed by atoms with Crippen LogP contribution in [0.4, 0.5) is 0 Å². The first kappa shape index (κ1) is 38.6. The van der Waals surface area contributed by atoms with Crippen molar-refractivity contribution in [1.82, 2.24) is 10.2 Å². The number of methoxy groups -OCH3 is 1. The largest absolute Gasteiger partial charge is 1.00 e. The molecule has 2 amide bonds. The molecule has 0 aliphatic carbocycles. The molecule has 0 saturated carbocycles. The summed E-state index contributed by atoms with van der Waals surface area (Å²) in [5.74, 6) is 0.292. The van der Waals surface area contributed by atoms with Crippen LogP contribution in [0.3, 0.4) is 0 Å². The molecule has 5 aromatic rings. The Hall–Kier alpha value is -4.09. The van der Waals surface area contributed by atoms with Gasteiger partial charge in [0.25, 0.3) is 5.91 Å². The molecular formula is C42H38IN2O5PS2. The van der Waals surface area contributed by atoms with E-state index in [0.717, 1.165) is 16.0 Å². The Morgan fingerprint density at radius 1 is 0.792 bits per heavy atom. The molecule has 7 nitrogen and oxygen atoms in total. The molecule has 53 heavy (non-hydrogen) atoms. The van der Waals surface area contributed by atoms with Crippen LogP contribution in [0.15, 0.2) is 162 Å². The van der Waals surface area contributed by atoms with Gasteiger partial charge in [0.1, 0.15) is 52.6 Å². The average Bonchev–Trinajstić information content (AvgIpc) is 3.21. The normalized spacial score (nSPS) is 16.5. The fourth-order valence-corrected chi connectivity index (χ4v) is 13.2. The van der Waals surface area contributed by atoms with Crippen molar-refractivity contribution in [3.05, 3.63) is 162 Å². The van der Waals surface area contributed by atoms with Gasteiger partial charge >= 0.3 is 5.97 Å². The summed E-state index contributed by atoms with van der Waals surface area (Å²) in [4.78, 5) is 44.0. The number of rotatable bonds is 13. The number of halogens is 1. The molecule has 270 valence electrons. The van der Waals surface area contributed by atoms with E-state index in [-0.39, 0.29) is 53.8 Å². The van der Waals surface area contributed by atoms with Gasteiger partial charge in [0, 0.05) is 16.2 Å². The number of ether oxygens (including phenoxy) is 2. The summed E-state index contributed by atoms with van der Waals surface area (Å²) in [5, 5.41) is 6.05. The highest BCUT2D eigenvalue weighted by Gasteiger charge is 2.56. The zero-order valence-corrected chi connectivity index (χ0v) is 33.7. The number of benzene rings is 5. The number of carbonyl (C=O) groups is 3. The maximum atomic E-state index is 14.3. The van der Waals surface area contributed by atoms with Crippen LogP contribution < -0.4 is 49.9 Å². The lowest BCUT2D eigenvalue weighted by Crippen LogP contribution is -3.00. The third kappa shape index (κ3) is 8.36. The first-order valence-electron chi connectivity index (χ1n) is 17.0. The number of β-lactam (4-membered cyclic amide) rings is 1. The van der Waals surface area contributed by atoms with Gasteiger partial charge in [0.2, 0.25) is 5.91 Å². The number of fused-ring (bicyclic) bond motifs is 1. The molecule has 0 radical (unpaired) electrons.